The highest BCUT2D eigenvalue weighted by atomic mass is 32.2. The molecule has 8 nitrogen and oxygen atoms in total. The molecule has 2 aromatic carbocycles. The van der Waals surface area contributed by atoms with Crippen molar-refractivity contribution in [2.75, 3.05) is 22.0 Å². The molecule has 0 spiro atoms. The molecule has 0 fully saturated rings. The molecule has 158 valence electrons. The number of anilines is 3. The Bertz CT molecular complexity index is 1270. The minimum absolute atomic E-state index is 0.225. The van der Waals surface area contributed by atoms with Crippen LogP contribution in [0, 0.1) is 0 Å². The van der Waals surface area contributed by atoms with Crippen LogP contribution < -0.4 is 14.9 Å². The van der Waals surface area contributed by atoms with E-state index in [4.69, 9.17) is 0 Å². The molecular formula is C21H19N5O3S2. The summed E-state index contributed by atoms with van der Waals surface area (Å²) in [5.41, 5.74) is 1.70. The topological polar surface area (TPSA) is 96.3 Å². The predicted octanol–water partition coefficient (Wildman–Crippen LogP) is 4.40. The van der Waals surface area contributed by atoms with Gasteiger partial charge in [-0.2, -0.15) is 0 Å². The summed E-state index contributed by atoms with van der Waals surface area (Å²) >= 11 is 1.16. The monoisotopic (exact) mass is 453 g/mol. The Morgan fingerprint density at radius 2 is 1.65 bits per heavy atom. The number of nitrogens with zero attached hydrogens (tertiary/aromatic N) is 3. The van der Waals surface area contributed by atoms with Crippen molar-refractivity contribution >= 4 is 44.5 Å². The fourth-order valence-electron chi connectivity index (χ4n) is 2.82. The van der Waals surface area contributed by atoms with E-state index in [1.807, 2.05) is 18.2 Å². The molecule has 4 aromatic rings. The molecule has 2 amide bonds. The highest BCUT2D eigenvalue weighted by molar-refractivity contribution is 7.94. The minimum atomic E-state index is -3.72. The molecule has 2 N–H and O–H groups in total. The van der Waals surface area contributed by atoms with Crippen LogP contribution in [-0.2, 0) is 10.0 Å². The van der Waals surface area contributed by atoms with Gasteiger partial charge in [-0.3, -0.25) is 8.87 Å². The van der Waals surface area contributed by atoms with Crippen molar-refractivity contribution in [2.45, 2.75) is 4.21 Å². The summed E-state index contributed by atoms with van der Waals surface area (Å²) in [5.74, 6) is 0. The Balaban J connectivity index is 1.45. The van der Waals surface area contributed by atoms with Gasteiger partial charge in [0.05, 0.1) is 12.0 Å². The van der Waals surface area contributed by atoms with Crippen molar-refractivity contribution in [3.63, 3.8) is 0 Å². The Labute approximate surface area is 183 Å². The molecule has 0 saturated heterocycles. The summed E-state index contributed by atoms with van der Waals surface area (Å²) in [7, 11) is -2.22. The molecule has 4 rings (SSSR count). The lowest BCUT2D eigenvalue weighted by Crippen LogP contribution is -2.25. The van der Waals surface area contributed by atoms with Crippen LogP contribution >= 0.6 is 11.3 Å². The number of sulfonamides is 1. The number of amides is 2. The average molecular weight is 454 g/mol. The first-order valence-corrected chi connectivity index (χ1v) is 11.5. The normalized spacial score (nSPS) is 11.1. The maximum absolute atomic E-state index is 13.0. The van der Waals surface area contributed by atoms with Crippen LogP contribution in [0.25, 0.3) is 5.00 Å². The first-order chi connectivity index (χ1) is 14.9. The van der Waals surface area contributed by atoms with Crippen LogP contribution in [0.1, 0.15) is 0 Å². The summed E-state index contributed by atoms with van der Waals surface area (Å²) in [5, 5.41) is 6.21. The first-order valence-electron chi connectivity index (χ1n) is 9.24. The van der Waals surface area contributed by atoms with Gasteiger partial charge in [0.25, 0.3) is 10.0 Å². The Morgan fingerprint density at radius 1 is 0.968 bits per heavy atom. The smallest absolute Gasteiger partial charge is 0.308 e. The number of rotatable bonds is 6. The fraction of sp³-hybridized carbons (Fsp3) is 0.0476. The second-order valence-electron chi connectivity index (χ2n) is 6.53. The second-order valence-corrected chi connectivity index (χ2v) is 9.79. The van der Waals surface area contributed by atoms with Crippen molar-refractivity contribution in [2.24, 2.45) is 0 Å². The van der Waals surface area contributed by atoms with Crippen molar-refractivity contribution in [3.05, 3.63) is 85.5 Å². The summed E-state index contributed by atoms with van der Waals surface area (Å²) in [6.07, 6.45) is 5.01. The third-order valence-electron chi connectivity index (χ3n) is 4.46. The zero-order chi connectivity index (χ0) is 21.8. The predicted molar refractivity (Wildman–Crippen MR) is 123 cm³/mol. The number of thiophene rings is 1. The fourth-order valence-corrected chi connectivity index (χ4v) is 5.43. The quantitative estimate of drug-likeness (QED) is 0.452. The van der Waals surface area contributed by atoms with Crippen LogP contribution in [0.2, 0.25) is 0 Å². The lowest BCUT2D eigenvalue weighted by Gasteiger charge is -2.19. The lowest BCUT2D eigenvalue weighted by molar-refractivity contribution is 0.262. The molecule has 0 saturated carbocycles. The maximum Gasteiger partial charge on any atom is 0.323 e. The number of carbonyl (C=O) groups is 1. The van der Waals surface area contributed by atoms with Gasteiger partial charge in [0, 0.05) is 30.8 Å². The molecule has 2 heterocycles. The third kappa shape index (κ3) is 4.60. The molecule has 0 aliphatic rings. The number of hydrogen-bond donors (Lipinski definition) is 2. The van der Waals surface area contributed by atoms with Gasteiger partial charge in [-0.25, -0.2) is 18.2 Å². The molecule has 10 heteroatoms. The minimum Gasteiger partial charge on any atom is -0.308 e. The van der Waals surface area contributed by atoms with Gasteiger partial charge in [0.2, 0.25) is 0 Å². The zero-order valence-corrected chi connectivity index (χ0v) is 18.1. The van der Waals surface area contributed by atoms with Gasteiger partial charge in [-0.1, -0.05) is 18.2 Å². The summed E-state index contributed by atoms with van der Waals surface area (Å²) in [6, 6.07) is 18.6. The molecule has 0 radical (unpaired) electrons. The number of carbonyl (C=O) groups excluding carboxylic acids is 1. The number of benzene rings is 2. The third-order valence-corrected chi connectivity index (χ3v) is 7.81. The number of imidazole rings is 1. The highest BCUT2D eigenvalue weighted by Gasteiger charge is 2.23. The van der Waals surface area contributed by atoms with Crippen LogP contribution in [-0.4, -0.2) is 31.0 Å². The standard InChI is InChI=1S/C21H19N5O3S2/c1-25(31(28,29)20-12-11-19(30-20)26-14-13-22-15-26)18-9-7-17(8-10-18)24-21(27)23-16-5-3-2-4-6-16/h2-15H,1H3,(H2,23,24,27). The maximum atomic E-state index is 13.0. The van der Waals surface area contributed by atoms with Gasteiger partial charge in [0.15, 0.2) is 0 Å². The Hall–Kier alpha value is -3.63. The van der Waals surface area contributed by atoms with Crippen LogP contribution in [0.3, 0.4) is 0 Å². The first kappa shape index (κ1) is 20.6. The van der Waals surface area contributed by atoms with Crippen molar-refractivity contribution in [1.82, 2.24) is 9.55 Å². The van der Waals surface area contributed by atoms with E-state index < -0.39 is 10.0 Å². The van der Waals surface area contributed by atoms with Crippen molar-refractivity contribution < 1.29 is 13.2 Å². The van der Waals surface area contributed by atoms with E-state index in [1.165, 1.54) is 11.4 Å². The number of para-hydroxylation sites is 1. The van der Waals surface area contributed by atoms with Gasteiger partial charge in [-0.05, 0) is 48.5 Å². The van der Waals surface area contributed by atoms with Gasteiger partial charge < -0.3 is 10.6 Å². The molecule has 0 unspecified atom stereocenters. The zero-order valence-electron chi connectivity index (χ0n) is 16.5. The number of aromatic nitrogens is 2. The molecule has 0 aliphatic heterocycles. The van der Waals surface area contributed by atoms with Crippen LogP contribution in [0.4, 0.5) is 21.9 Å². The summed E-state index contributed by atoms with van der Waals surface area (Å²) in [6.45, 7) is 0. The van der Waals surface area contributed by atoms with E-state index >= 15 is 0 Å². The Morgan fingerprint density at radius 3 is 2.29 bits per heavy atom. The van der Waals surface area contributed by atoms with E-state index in [2.05, 4.69) is 15.6 Å². The molecular weight excluding hydrogens is 434 g/mol. The average Bonchev–Trinajstić information content (AvgIpc) is 3.46. The van der Waals surface area contributed by atoms with Gasteiger partial charge >= 0.3 is 6.03 Å². The second kappa shape index (κ2) is 8.62. The highest BCUT2D eigenvalue weighted by Crippen LogP contribution is 2.30. The number of hydrogen-bond acceptors (Lipinski definition) is 5. The van der Waals surface area contributed by atoms with Crippen molar-refractivity contribution in [1.29, 1.82) is 0 Å². The molecule has 0 atom stereocenters. The SMILES string of the molecule is CN(c1ccc(NC(=O)Nc2ccccc2)cc1)S(=O)(=O)c1ccc(-n2ccnc2)s1. The van der Waals surface area contributed by atoms with Gasteiger partial charge in [-0.15, -0.1) is 11.3 Å². The van der Waals surface area contributed by atoms with Crippen LogP contribution in [0.5, 0.6) is 0 Å². The molecule has 0 aliphatic carbocycles. The van der Waals surface area contributed by atoms with Gasteiger partial charge in [0.1, 0.15) is 9.21 Å². The summed E-state index contributed by atoms with van der Waals surface area (Å²) in [4.78, 5) is 16.1. The molecule has 0 bridgehead atoms. The Kier molecular flexibility index (Phi) is 5.74. The van der Waals surface area contributed by atoms with Crippen LogP contribution in [0.15, 0.2) is 89.7 Å². The number of nitrogens with one attached hydrogen (secondary N) is 2. The van der Waals surface area contributed by atoms with E-state index in [0.717, 1.165) is 16.3 Å². The van der Waals surface area contributed by atoms with Crippen molar-refractivity contribution in [3.8, 4) is 5.00 Å². The molecule has 31 heavy (non-hydrogen) atoms. The molecule has 2 aromatic heterocycles. The number of urea groups is 1. The van der Waals surface area contributed by atoms with E-state index in [1.54, 1.807) is 71.8 Å². The van der Waals surface area contributed by atoms with E-state index in [0.29, 0.717) is 17.1 Å². The lowest BCUT2D eigenvalue weighted by atomic mass is 10.3. The van der Waals surface area contributed by atoms with E-state index in [9.17, 15) is 13.2 Å². The summed E-state index contributed by atoms with van der Waals surface area (Å²) < 4.78 is 29.2. The van der Waals surface area contributed by atoms with E-state index in [-0.39, 0.29) is 10.2 Å². The largest absolute Gasteiger partial charge is 0.323 e.